The Morgan fingerprint density at radius 2 is 2.33 bits per heavy atom. The summed E-state index contributed by atoms with van der Waals surface area (Å²) < 4.78 is 5.02. The zero-order valence-electron chi connectivity index (χ0n) is 5.33. The van der Waals surface area contributed by atoms with Crippen LogP contribution in [0.5, 0.6) is 0 Å². The lowest BCUT2D eigenvalue weighted by Crippen LogP contribution is -2.19. The Labute approximate surface area is 53.6 Å². The van der Waals surface area contributed by atoms with E-state index in [0.29, 0.717) is 6.42 Å². The van der Waals surface area contributed by atoms with E-state index in [0.717, 1.165) is 6.42 Å². The molecule has 1 aliphatic rings. The van der Waals surface area contributed by atoms with Crippen LogP contribution in [-0.2, 0) is 9.53 Å². The minimum Gasteiger partial charge on any atom is -0.479 e. The maximum atomic E-state index is 10.2. The number of carbonyl (C=O) groups is 1. The summed E-state index contributed by atoms with van der Waals surface area (Å²) in [4.78, 5) is 10.2. The van der Waals surface area contributed by atoms with Crippen LogP contribution in [-0.4, -0.2) is 23.3 Å². The van der Waals surface area contributed by atoms with Crippen LogP contribution >= 0.6 is 0 Å². The number of carboxylic acids is 1. The molecule has 0 aliphatic carbocycles. The van der Waals surface area contributed by atoms with E-state index in [2.05, 4.69) is 0 Å². The zero-order chi connectivity index (χ0) is 6.85. The van der Waals surface area contributed by atoms with E-state index >= 15 is 0 Å². The molecule has 9 heavy (non-hydrogen) atoms. The number of hydrogen-bond donors (Lipinski definition) is 1. The second-order valence-electron chi connectivity index (χ2n) is 2.35. The Hall–Kier alpha value is -0.570. The van der Waals surface area contributed by atoms with Gasteiger partial charge in [-0.25, -0.2) is 4.79 Å². The van der Waals surface area contributed by atoms with Crippen molar-refractivity contribution in [3.8, 4) is 0 Å². The highest BCUT2D eigenvalue weighted by Crippen LogP contribution is 2.18. The summed E-state index contributed by atoms with van der Waals surface area (Å²) in [7, 11) is 0. The van der Waals surface area contributed by atoms with Gasteiger partial charge in [0.25, 0.3) is 0 Å². The van der Waals surface area contributed by atoms with E-state index < -0.39 is 12.1 Å². The first-order chi connectivity index (χ1) is 4.20. The van der Waals surface area contributed by atoms with Crippen LogP contribution < -0.4 is 0 Å². The summed E-state index contributed by atoms with van der Waals surface area (Å²) >= 11 is 0. The van der Waals surface area contributed by atoms with Crippen molar-refractivity contribution in [1.82, 2.24) is 0 Å². The number of aliphatic carboxylic acids is 1. The van der Waals surface area contributed by atoms with E-state index in [1.54, 1.807) is 0 Å². The van der Waals surface area contributed by atoms with Crippen molar-refractivity contribution >= 4 is 5.97 Å². The van der Waals surface area contributed by atoms with Gasteiger partial charge in [0.2, 0.25) is 0 Å². The average molecular weight is 130 g/mol. The van der Waals surface area contributed by atoms with Gasteiger partial charge in [0.15, 0.2) is 6.10 Å². The minimum atomic E-state index is -0.834. The van der Waals surface area contributed by atoms with Crippen molar-refractivity contribution in [3.63, 3.8) is 0 Å². The zero-order valence-corrected chi connectivity index (χ0v) is 5.33. The van der Waals surface area contributed by atoms with Crippen molar-refractivity contribution in [2.24, 2.45) is 0 Å². The molecule has 3 heteroatoms. The lowest BCUT2D eigenvalue weighted by molar-refractivity contribution is -0.149. The van der Waals surface area contributed by atoms with Gasteiger partial charge in [-0.15, -0.1) is 0 Å². The maximum absolute atomic E-state index is 10.2. The quantitative estimate of drug-likeness (QED) is 0.566. The number of carboxylic acid groups (broad SMARTS) is 1. The van der Waals surface area contributed by atoms with Gasteiger partial charge < -0.3 is 9.84 Å². The molecule has 0 aromatic rings. The maximum Gasteiger partial charge on any atom is 0.332 e. The molecule has 0 spiro atoms. The monoisotopic (exact) mass is 130 g/mol. The van der Waals surface area contributed by atoms with E-state index in [1.807, 2.05) is 6.92 Å². The average Bonchev–Trinajstić information content (AvgIpc) is 2.14. The molecule has 1 saturated heterocycles. The summed E-state index contributed by atoms with van der Waals surface area (Å²) in [6, 6.07) is 0. The normalized spacial score (nSPS) is 34.8. The van der Waals surface area contributed by atoms with Crippen LogP contribution in [0.2, 0.25) is 0 Å². The third-order valence-electron chi connectivity index (χ3n) is 1.51. The summed E-state index contributed by atoms with van der Waals surface area (Å²) in [6.07, 6.45) is 1.12. The number of ether oxygens (including phenoxy) is 1. The largest absolute Gasteiger partial charge is 0.479 e. The highest BCUT2D eigenvalue weighted by atomic mass is 16.5. The van der Waals surface area contributed by atoms with E-state index in [9.17, 15) is 4.79 Å². The molecule has 1 heterocycles. The first kappa shape index (κ1) is 6.55. The molecular weight excluding hydrogens is 120 g/mol. The molecule has 0 saturated carbocycles. The minimum absolute atomic E-state index is 0.131. The Bertz CT molecular complexity index is 121. The van der Waals surface area contributed by atoms with Crippen molar-refractivity contribution in [3.05, 3.63) is 0 Å². The fourth-order valence-corrected chi connectivity index (χ4v) is 0.984. The van der Waals surface area contributed by atoms with Crippen LogP contribution in [0.15, 0.2) is 0 Å². The van der Waals surface area contributed by atoms with Gasteiger partial charge in [0.05, 0.1) is 6.10 Å². The molecule has 1 fully saturated rings. The highest BCUT2D eigenvalue weighted by molar-refractivity contribution is 5.72. The second-order valence-corrected chi connectivity index (χ2v) is 2.35. The Morgan fingerprint density at radius 3 is 2.56 bits per heavy atom. The van der Waals surface area contributed by atoms with Crippen molar-refractivity contribution in [1.29, 1.82) is 0 Å². The predicted octanol–water partition coefficient (Wildman–Crippen LogP) is 0.639. The van der Waals surface area contributed by atoms with E-state index in [1.165, 1.54) is 0 Å². The van der Waals surface area contributed by atoms with Crippen LogP contribution in [0.3, 0.4) is 0 Å². The fraction of sp³-hybridized carbons (Fsp3) is 0.833. The molecule has 1 rings (SSSR count). The molecule has 3 nitrogen and oxygen atoms in total. The highest BCUT2D eigenvalue weighted by Gasteiger charge is 2.27. The first-order valence-electron chi connectivity index (χ1n) is 3.08. The Kier molecular flexibility index (Phi) is 1.71. The lowest BCUT2D eigenvalue weighted by atomic mass is 10.2. The summed E-state index contributed by atoms with van der Waals surface area (Å²) in [5, 5.41) is 8.41. The van der Waals surface area contributed by atoms with Crippen molar-refractivity contribution in [2.75, 3.05) is 0 Å². The van der Waals surface area contributed by atoms with Crippen molar-refractivity contribution in [2.45, 2.75) is 32.0 Å². The molecular formula is C6H10O3. The van der Waals surface area contributed by atoms with E-state index in [4.69, 9.17) is 9.84 Å². The fourth-order valence-electron chi connectivity index (χ4n) is 0.984. The van der Waals surface area contributed by atoms with Gasteiger partial charge in [-0.3, -0.25) is 0 Å². The second kappa shape index (κ2) is 2.35. The van der Waals surface area contributed by atoms with Gasteiger partial charge in [-0.2, -0.15) is 0 Å². The van der Waals surface area contributed by atoms with Gasteiger partial charge in [-0.05, 0) is 19.8 Å². The van der Waals surface area contributed by atoms with Crippen LogP contribution in [0.4, 0.5) is 0 Å². The first-order valence-corrected chi connectivity index (χ1v) is 3.08. The van der Waals surface area contributed by atoms with Gasteiger partial charge in [0, 0.05) is 0 Å². The molecule has 0 unspecified atom stereocenters. The summed E-state index contributed by atoms with van der Waals surface area (Å²) in [5.41, 5.74) is 0. The van der Waals surface area contributed by atoms with E-state index in [-0.39, 0.29) is 6.10 Å². The molecule has 0 radical (unpaired) electrons. The van der Waals surface area contributed by atoms with Gasteiger partial charge in [0.1, 0.15) is 0 Å². The molecule has 1 aliphatic heterocycles. The molecule has 0 aromatic carbocycles. The molecule has 2 atom stereocenters. The van der Waals surface area contributed by atoms with Crippen LogP contribution in [0.1, 0.15) is 19.8 Å². The molecule has 0 bridgehead atoms. The summed E-state index contributed by atoms with van der Waals surface area (Å²) in [6.45, 7) is 1.89. The third kappa shape index (κ3) is 1.42. The standard InChI is InChI=1S/C6H10O3/c1-4-2-3-5(9-4)6(7)8/h4-5H,2-3H2,1H3,(H,7,8)/t4-,5+/m1/s1. The van der Waals surface area contributed by atoms with Crippen LogP contribution in [0, 0.1) is 0 Å². The molecule has 52 valence electrons. The number of rotatable bonds is 1. The van der Waals surface area contributed by atoms with Crippen molar-refractivity contribution < 1.29 is 14.6 Å². The van der Waals surface area contributed by atoms with Gasteiger partial charge in [-0.1, -0.05) is 0 Å². The Morgan fingerprint density at radius 1 is 1.67 bits per heavy atom. The lowest BCUT2D eigenvalue weighted by Gasteiger charge is -2.03. The third-order valence-corrected chi connectivity index (χ3v) is 1.51. The SMILES string of the molecule is C[C@@H]1CC[C@@H](C(=O)O)O1. The summed E-state index contributed by atoms with van der Waals surface area (Å²) in [5.74, 6) is -0.834. The smallest absolute Gasteiger partial charge is 0.332 e. The molecule has 1 N–H and O–H groups in total. The predicted molar refractivity (Wildman–Crippen MR) is 31.2 cm³/mol. The topological polar surface area (TPSA) is 46.5 Å². The Balaban J connectivity index is 2.39. The molecule has 0 aromatic heterocycles. The van der Waals surface area contributed by atoms with Gasteiger partial charge >= 0.3 is 5.97 Å². The molecule has 0 amide bonds. The van der Waals surface area contributed by atoms with Crippen LogP contribution in [0.25, 0.3) is 0 Å². The number of hydrogen-bond acceptors (Lipinski definition) is 2.